The number of allylic oxidation sites excluding steroid dienone is 1. The smallest absolute Gasteiger partial charge is 0.402 e. The van der Waals surface area contributed by atoms with Crippen LogP contribution in [0.3, 0.4) is 0 Å². The summed E-state index contributed by atoms with van der Waals surface area (Å²) < 4.78 is 39.9. The molecule has 0 radical (unpaired) electrons. The number of hydrogen-bond acceptors (Lipinski definition) is 2. The van der Waals surface area contributed by atoms with Crippen molar-refractivity contribution >= 4 is 0 Å². The van der Waals surface area contributed by atoms with Crippen LogP contribution in [0.25, 0.3) is 0 Å². The van der Waals surface area contributed by atoms with Gasteiger partial charge in [0.05, 0.1) is 5.60 Å². The van der Waals surface area contributed by atoms with Crippen molar-refractivity contribution in [1.29, 1.82) is 0 Å². The van der Waals surface area contributed by atoms with Crippen LogP contribution in [0.15, 0.2) is 11.8 Å². The van der Waals surface area contributed by atoms with Crippen LogP contribution in [-0.4, -0.2) is 12.0 Å². The van der Waals surface area contributed by atoms with Crippen molar-refractivity contribution in [1.82, 2.24) is 0 Å². The summed E-state index contributed by atoms with van der Waals surface area (Å²) in [5, 5.41) is 0. The maximum Gasteiger partial charge on any atom is 0.523 e. The maximum absolute atomic E-state index is 11.9. The van der Waals surface area contributed by atoms with Gasteiger partial charge in [0, 0.05) is 11.6 Å². The lowest BCUT2D eigenvalue weighted by Gasteiger charge is -2.22. The van der Waals surface area contributed by atoms with E-state index in [4.69, 9.17) is 5.73 Å². The zero-order valence-corrected chi connectivity index (χ0v) is 6.90. The molecule has 1 saturated carbocycles. The van der Waals surface area contributed by atoms with Crippen LogP contribution in [0.1, 0.15) is 19.3 Å². The molecule has 0 spiro atoms. The molecular weight excluding hydrogens is 183 g/mol. The molecule has 2 aliphatic carbocycles. The Morgan fingerprint density at radius 3 is 2.77 bits per heavy atom. The summed E-state index contributed by atoms with van der Waals surface area (Å²) in [5.41, 5.74) is 5.21. The third-order valence-corrected chi connectivity index (χ3v) is 2.65. The van der Waals surface area contributed by atoms with Gasteiger partial charge < -0.3 is 5.73 Å². The quantitative estimate of drug-likeness (QED) is 0.690. The molecule has 2 aliphatic rings. The van der Waals surface area contributed by atoms with Crippen LogP contribution in [0, 0.1) is 5.92 Å². The Balaban J connectivity index is 2.04. The fourth-order valence-electron chi connectivity index (χ4n) is 1.91. The molecule has 1 fully saturated rings. The second-order valence-corrected chi connectivity index (χ2v) is 3.66. The Hall–Kier alpha value is -0.710. The zero-order valence-electron chi connectivity index (χ0n) is 6.90. The zero-order chi connectivity index (χ0) is 9.69. The molecule has 13 heavy (non-hydrogen) atoms. The van der Waals surface area contributed by atoms with Gasteiger partial charge in [-0.1, -0.05) is 6.08 Å². The highest BCUT2D eigenvalue weighted by Crippen LogP contribution is 2.56. The number of ether oxygens (including phenoxy) is 1. The Morgan fingerprint density at radius 1 is 1.54 bits per heavy atom. The average molecular weight is 193 g/mol. The fraction of sp³-hybridized carbons (Fsp3) is 0.750. The minimum absolute atomic E-state index is 0.122. The highest BCUT2D eigenvalue weighted by Gasteiger charge is 2.60. The number of nitrogens with two attached hydrogens (primary N) is 1. The third kappa shape index (κ3) is 1.65. The van der Waals surface area contributed by atoms with E-state index in [1.807, 2.05) is 0 Å². The molecule has 1 unspecified atom stereocenters. The molecule has 0 aromatic rings. The van der Waals surface area contributed by atoms with Gasteiger partial charge in [0.25, 0.3) is 0 Å². The summed E-state index contributed by atoms with van der Waals surface area (Å²) in [5.74, 6) is -0.122. The van der Waals surface area contributed by atoms with E-state index in [1.165, 1.54) is 0 Å². The van der Waals surface area contributed by atoms with Crippen molar-refractivity contribution in [3.8, 4) is 0 Å². The topological polar surface area (TPSA) is 35.2 Å². The second-order valence-electron chi connectivity index (χ2n) is 3.66. The fourth-order valence-corrected chi connectivity index (χ4v) is 1.91. The van der Waals surface area contributed by atoms with E-state index in [0.717, 1.165) is 0 Å². The molecule has 2 N–H and O–H groups in total. The largest absolute Gasteiger partial charge is 0.523 e. The van der Waals surface area contributed by atoms with E-state index in [0.29, 0.717) is 25.0 Å². The van der Waals surface area contributed by atoms with Gasteiger partial charge in [-0.15, -0.1) is 13.2 Å². The number of hydrogen-bond donors (Lipinski definition) is 1. The number of alkyl halides is 3. The van der Waals surface area contributed by atoms with E-state index < -0.39 is 12.0 Å². The minimum Gasteiger partial charge on any atom is -0.402 e. The van der Waals surface area contributed by atoms with Crippen LogP contribution in [-0.2, 0) is 4.74 Å². The Morgan fingerprint density at radius 2 is 2.23 bits per heavy atom. The SMILES string of the molecule is NC1=C[C@H]2CC2(OC(F)(F)F)CC1. The summed E-state index contributed by atoms with van der Waals surface area (Å²) >= 11 is 0. The molecule has 0 aliphatic heterocycles. The molecule has 0 aromatic carbocycles. The standard InChI is InChI=1S/C8H10F3NO/c9-8(10,11)13-7-2-1-6(12)3-5(7)4-7/h3,5H,1-2,4,12H2/t5-,7?/m0/s1. The van der Waals surface area contributed by atoms with Gasteiger partial charge in [0.1, 0.15) is 0 Å². The minimum atomic E-state index is -4.52. The summed E-state index contributed by atoms with van der Waals surface area (Å²) in [6, 6.07) is 0. The van der Waals surface area contributed by atoms with Gasteiger partial charge in [0.15, 0.2) is 0 Å². The molecule has 0 amide bonds. The molecule has 2 rings (SSSR count). The molecule has 2 atom stereocenters. The third-order valence-electron chi connectivity index (χ3n) is 2.65. The lowest BCUT2D eigenvalue weighted by Crippen LogP contribution is -2.29. The Kier molecular flexibility index (Phi) is 1.64. The molecular formula is C8H10F3NO. The van der Waals surface area contributed by atoms with E-state index in [1.54, 1.807) is 6.08 Å². The van der Waals surface area contributed by atoms with Gasteiger partial charge >= 0.3 is 6.36 Å². The predicted molar refractivity (Wildman–Crippen MR) is 39.5 cm³/mol. The van der Waals surface area contributed by atoms with E-state index in [-0.39, 0.29) is 5.92 Å². The van der Waals surface area contributed by atoms with Crippen LogP contribution < -0.4 is 5.73 Å². The highest BCUT2D eigenvalue weighted by atomic mass is 19.4. The maximum atomic E-state index is 11.9. The first-order valence-electron chi connectivity index (χ1n) is 4.14. The predicted octanol–water partition coefficient (Wildman–Crippen LogP) is 1.92. The van der Waals surface area contributed by atoms with Crippen molar-refractivity contribution in [3.05, 3.63) is 11.8 Å². The average Bonchev–Trinajstić information content (AvgIpc) is 2.57. The molecule has 74 valence electrons. The normalized spacial score (nSPS) is 38.1. The van der Waals surface area contributed by atoms with E-state index in [2.05, 4.69) is 4.74 Å². The Labute approximate surface area is 73.5 Å². The first kappa shape index (κ1) is 8.87. The summed E-state index contributed by atoms with van der Waals surface area (Å²) in [4.78, 5) is 0. The van der Waals surface area contributed by atoms with E-state index in [9.17, 15) is 13.2 Å². The number of fused-ring (bicyclic) bond motifs is 1. The lowest BCUT2D eigenvalue weighted by atomic mass is 10.0. The summed E-state index contributed by atoms with van der Waals surface area (Å²) in [6.45, 7) is 0. The van der Waals surface area contributed by atoms with Crippen molar-refractivity contribution < 1.29 is 17.9 Å². The van der Waals surface area contributed by atoms with Gasteiger partial charge in [-0.05, 0) is 19.3 Å². The van der Waals surface area contributed by atoms with Crippen molar-refractivity contribution in [2.75, 3.05) is 0 Å². The molecule has 0 saturated heterocycles. The number of rotatable bonds is 1. The molecule has 5 heteroatoms. The lowest BCUT2D eigenvalue weighted by molar-refractivity contribution is -0.352. The highest BCUT2D eigenvalue weighted by molar-refractivity contribution is 5.22. The first-order chi connectivity index (χ1) is 5.91. The summed E-state index contributed by atoms with van der Waals surface area (Å²) in [7, 11) is 0. The van der Waals surface area contributed by atoms with Crippen LogP contribution in [0.2, 0.25) is 0 Å². The van der Waals surface area contributed by atoms with Gasteiger partial charge in [0.2, 0.25) is 0 Å². The van der Waals surface area contributed by atoms with Crippen molar-refractivity contribution in [2.45, 2.75) is 31.2 Å². The summed E-state index contributed by atoms with van der Waals surface area (Å²) in [6.07, 6.45) is -1.48. The molecule has 2 nitrogen and oxygen atoms in total. The molecule has 0 bridgehead atoms. The van der Waals surface area contributed by atoms with Crippen LogP contribution in [0.5, 0.6) is 0 Å². The van der Waals surface area contributed by atoms with Gasteiger partial charge in [-0.25, -0.2) is 0 Å². The van der Waals surface area contributed by atoms with Crippen LogP contribution >= 0.6 is 0 Å². The first-order valence-corrected chi connectivity index (χ1v) is 4.14. The van der Waals surface area contributed by atoms with Gasteiger partial charge in [-0.3, -0.25) is 4.74 Å². The van der Waals surface area contributed by atoms with E-state index >= 15 is 0 Å². The molecule has 0 aromatic heterocycles. The monoisotopic (exact) mass is 193 g/mol. The number of halogens is 3. The van der Waals surface area contributed by atoms with Gasteiger partial charge in [-0.2, -0.15) is 0 Å². The van der Waals surface area contributed by atoms with Crippen molar-refractivity contribution in [2.24, 2.45) is 11.7 Å². The second kappa shape index (κ2) is 2.41. The molecule has 0 heterocycles. The van der Waals surface area contributed by atoms with Crippen LogP contribution in [0.4, 0.5) is 13.2 Å². The van der Waals surface area contributed by atoms with Crippen molar-refractivity contribution in [3.63, 3.8) is 0 Å². The Bertz CT molecular complexity index is 261.